The second-order valence-electron chi connectivity index (χ2n) is 5.65. The number of thioether (sulfide) groups is 1. The standard InChI is InChI=1S/C17H19N5OS/c1-11-6-4-5-7-14(11)9-18-15(23)10-24-17-21-20-16-19-12(2)8-13(3)22(16)17/h4-8H,9-10H2,1-3H3,(H,18,23). The molecule has 0 spiro atoms. The Morgan fingerprint density at radius 1 is 1.21 bits per heavy atom. The Labute approximate surface area is 144 Å². The van der Waals surface area contributed by atoms with Crippen molar-refractivity contribution in [3.63, 3.8) is 0 Å². The fraction of sp³-hybridized carbons (Fsp3) is 0.294. The molecule has 0 saturated heterocycles. The normalized spacial score (nSPS) is 11.0. The van der Waals surface area contributed by atoms with E-state index >= 15 is 0 Å². The Morgan fingerprint density at radius 3 is 2.79 bits per heavy atom. The lowest BCUT2D eigenvalue weighted by atomic mass is 10.1. The van der Waals surface area contributed by atoms with Crippen molar-refractivity contribution in [1.82, 2.24) is 24.9 Å². The molecule has 0 bridgehead atoms. The molecule has 1 aromatic carbocycles. The summed E-state index contributed by atoms with van der Waals surface area (Å²) in [5, 5.41) is 11.8. The molecule has 0 aliphatic rings. The van der Waals surface area contributed by atoms with Gasteiger partial charge in [-0.1, -0.05) is 36.0 Å². The van der Waals surface area contributed by atoms with Crippen molar-refractivity contribution < 1.29 is 4.79 Å². The van der Waals surface area contributed by atoms with Gasteiger partial charge in [0.15, 0.2) is 5.16 Å². The lowest BCUT2D eigenvalue weighted by molar-refractivity contribution is -0.118. The van der Waals surface area contributed by atoms with Gasteiger partial charge in [-0.2, -0.15) is 0 Å². The highest BCUT2D eigenvalue weighted by Crippen LogP contribution is 2.18. The molecule has 0 unspecified atom stereocenters. The van der Waals surface area contributed by atoms with Crippen LogP contribution in [0.1, 0.15) is 22.5 Å². The third kappa shape index (κ3) is 3.56. The highest BCUT2D eigenvalue weighted by Gasteiger charge is 2.12. The highest BCUT2D eigenvalue weighted by atomic mass is 32.2. The number of benzene rings is 1. The van der Waals surface area contributed by atoms with Gasteiger partial charge in [0.05, 0.1) is 5.75 Å². The molecule has 3 aromatic rings. The van der Waals surface area contributed by atoms with E-state index < -0.39 is 0 Å². The molecule has 0 radical (unpaired) electrons. The van der Waals surface area contributed by atoms with Gasteiger partial charge in [0.2, 0.25) is 5.91 Å². The minimum atomic E-state index is -0.0299. The van der Waals surface area contributed by atoms with E-state index in [1.165, 1.54) is 17.3 Å². The van der Waals surface area contributed by atoms with Crippen molar-refractivity contribution >= 4 is 23.4 Å². The molecule has 2 heterocycles. The molecule has 0 atom stereocenters. The van der Waals surface area contributed by atoms with Gasteiger partial charge in [-0.15, -0.1) is 10.2 Å². The summed E-state index contributed by atoms with van der Waals surface area (Å²) in [4.78, 5) is 16.4. The predicted octanol–water partition coefficient (Wildman–Crippen LogP) is 2.46. The van der Waals surface area contributed by atoms with E-state index in [0.717, 1.165) is 17.0 Å². The topological polar surface area (TPSA) is 72.2 Å². The third-order valence-corrected chi connectivity index (χ3v) is 4.66. The van der Waals surface area contributed by atoms with Crippen LogP contribution in [0.5, 0.6) is 0 Å². The molecule has 0 fully saturated rings. The Bertz CT molecular complexity index is 890. The first-order valence-corrected chi connectivity index (χ1v) is 8.66. The number of nitrogens with one attached hydrogen (secondary N) is 1. The summed E-state index contributed by atoms with van der Waals surface area (Å²) in [5.74, 6) is 0.827. The maximum atomic E-state index is 12.1. The summed E-state index contributed by atoms with van der Waals surface area (Å²) >= 11 is 1.36. The zero-order valence-electron chi connectivity index (χ0n) is 13.9. The van der Waals surface area contributed by atoms with Crippen LogP contribution in [0.4, 0.5) is 0 Å². The van der Waals surface area contributed by atoms with Crippen molar-refractivity contribution in [1.29, 1.82) is 0 Å². The first-order chi connectivity index (χ1) is 11.5. The van der Waals surface area contributed by atoms with Crippen LogP contribution >= 0.6 is 11.8 Å². The maximum Gasteiger partial charge on any atom is 0.256 e. The van der Waals surface area contributed by atoms with E-state index in [1.807, 2.05) is 55.5 Å². The summed E-state index contributed by atoms with van der Waals surface area (Å²) in [6.45, 7) is 6.48. The van der Waals surface area contributed by atoms with E-state index in [2.05, 4.69) is 20.5 Å². The largest absolute Gasteiger partial charge is 0.351 e. The Hall–Kier alpha value is -2.41. The van der Waals surface area contributed by atoms with Crippen LogP contribution in [0, 0.1) is 20.8 Å². The zero-order valence-corrected chi connectivity index (χ0v) is 14.7. The molecule has 1 N–H and O–H groups in total. The number of aromatic nitrogens is 4. The fourth-order valence-electron chi connectivity index (χ4n) is 2.48. The van der Waals surface area contributed by atoms with Gasteiger partial charge in [-0.05, 0) is 38.0 Å². The van der Waals surface area contributed by atoms with E-state index in [-0.39, 0.29) is 5.91 Å². The minimum absolute atomic E-state index is 0.0299. The molecule has 1 amide bonds. The van der Waals surface area contributed by atoms with Crippen LogP contribution in [0.3, 0.4) is 0 Å². The number of hydrogen-bond acceptors (Lipinski definition) is 5. The van der Waals surface area contributed by atoms with E-state index in [0.29, 0.717) is 23.2 Å². The fourth-order valence-corrected chi connectivity index (χ4v) is 3.29. The third-order valence-electron chi connectivity index (χ3n) is 3.73. The number of hydrogen-bond donors (Lipinski definition) is 1. The SMILES string of the molecule is Cc1cc(C)n2c(SCC(=O)NCc3ccccc3C)nnc2n1. The number of fused-ring (bicyclic) bond motifs is 1. The average molecular weight is 341 g/mol. The van der Waals surface area contributed by atoms with Crippen LogP contribution in [0.15, 0.2) is 35.5 Å². The minimum Gasteiger partial charge on any atom is -0.351 e. The van der Waals surface area contributed by atoms with Crippen LogP contribution in [0.25, 0.3) is 5.78 Å². The summed E-state index contributed by atoms with van der Waals surface area (Å²) in [6.07, 6.45) is 0. The molecule has 3 rings (SSSR count). The number of nitrogens with zero attached hydrogens (tertiary/aromatic N) is 4. The lowest BCUT2D eigenvalue weighted by Gasteiger charge is -2.08. The van der Waals surface area contributed by atoms with Crippen molar-refractivity contribution in [2.24, 2.45) is 0 Å². The maximum absolute atomic E-state index is 12.1. The molecule has 6 nitrogen and oxygen atoms in total. The molecule has 0 aliphatic heterocycles. The first-order valence-electron chi connectivity index (χ1n) is 7.68. The number of aryl methyl sites for hydroxylation is 3. The molecule has 24 heavy (non-hydrogen) atoms. The molecule has 7 heteroatoms. The summed E-state index contributed by atoms with van der Waals surface area (Å²) < 4.78 is 1.87. The van der Waals surface area contributed by atoms with Crippen LogP contribution in [-0.2, 0) is 11.3 Å². The average Bonchev–Trinajstić information content (AvgIpc) is 2.95. The van der Waals surface area contributed by atoms with Gasteiger partial charge in [0, 0.05) is 17.9 Å². The van der Waals surface area contributed by atoms with E-state index in [4.69, 9.17) is 0 Å². The van der Waals surface area contributed by atoms with E-state index in [1.54, 1.807) is 0 Å². The smallest absolute Gasteiger partial charge is 0.256 e. The van der Waals surface area contributed by atoms with Gasteiger partial charge < -0.3 is 5.32 Å². The highest BCUT2D eigenvalue weighted by molar-refractivity contribution is 7.99. The molecular formula is C17H19N5OS. The van der Waals surface area contributed by atoms with Gasteiger partial charge >= 0.3 is 0 Å². The predicted molar refractivity (Wildman–Crippen MR) is 94.0 cm³/mol. The van der Waals surface area contributed by atoms with Gasteiger partial charge in [-0.3, -0.25) is 9.20 Å². The summed E-state index contributed by atoms with van der Waals surface area (Å²) in [7, 11) is 0. The van der Waals surface area contributed by atoms with Crippen LogP contribution in [-0.4, -0.2) is 31.2 Å². The van der Waals surface area contributed by atoms with Crippen molar-refractivity contribution in [2.75, 3.05) is 5.75 Å². The quantitative estimate of drug-likeness (QED) is 0.722. The number of carbonyl (C=O) groups is 1. The zero-order chi connectivity index (χ0) is 17.1. The molecule has 0 saturated carbocycles. The Balaban J connectivity index is 1.62. The Morgan fingerprint density at radius 2 is 2.00 bits per heavy atom. The van der Waals surface area contributed by atoms with Crippen molar-refractivity contribution in [2.45, 2.75) is 32.5 Å². The van der Waals surface area contributed by atoms with Crippen LogP contribution < -0.4 is 5.32 Å². The molecular weight excluding hydrogens is 322 g/mol. The molecule has 2 aromatic heterocycles. The number of carbonyl (C=O) groups excluding carboxylic acids is 1. The van der Waals surface area contributed by atoms with Gasteiger partial charge in [0.1, 0.15) is 0 Å². The van der Waals surface area contributed by atoms with Crippen molar-refractivity contribution in [3.8, 4) is 0 Å². The monoisotopic (exact) mass is 341 g/mol. The lowest BCUT2D eigenvalue weighted by Crippen LogP contribution is -2.25. The summed E-state index contributed by atoms with van der Waals surface area (Å²) in [6, 6.07) is 10.00. The molecule has 0 aliphatic carbocycles. The van der Waals surface area contributed by atoms with Gasteiger partial charge in [-0.25, -0.2) is 4.98 Å². The van der Waals surface area contributed by atoms with E-state index in [9.17, 15) is 4.79 Å². The van der Waals surface area contributed by atoms with Gasteiger partial charge in [0.25, 0.3) is 5.78 Å². The second kappa shape index (κ2) is 7.00. The number of rotatable bonds is 5. The first kappa shape index (κ1) is 16.4. The van der Waals surface area contributed by atoms with Crippen LogP contribution in [0.2, 0.25) is 0 Å². The molecule has 124 valence electrons. The summed E-state index contributed by atoms with van der Waals surface area (Å²) in [5.41, 5.74) is 4.20. The second-order valence-corrected chi connectivity index (χ2v) is 6.59. The number of amides is 1. The Kier molecular flexibility index (Phi) is 4.80. The van der Waals surface area contributed by atoms with Crippen molar-refractivity contribution in [3.05, 3.63) is 52.8 Å².